The summed E-state index contributed by atoms with van der Waals surface area (Å²) >= 11 is 1.97. The Bertz CT molecular complexity index is 449. The molecule has 0 radical (unpaired) electrons. The number of nitrogens with one attached hydrogen (secondary N) is 1. The van der Waals surface area contributed by atoms with Crippen molar-refractivity contribution < 1.29 is 0 Å². The normalized spacial score (nSPS) is 17.6. The van der Waals surface area contributed by atoms with Gasteiger partial charge in [-0.05, 0) is 62.2 Å². The molecule has 1 fully saturated rings. The van der Waals surface area contributed by atoms with Crippen LogP contribution in [0.15, 0.2) is 30.3 Å². The van der Waals surface area contributed by atoms with E-state index >= 15 is 0 Å². The van der Waals surface area contributed by atoms with Gasteiger partial charge in [0.2, 0.25) is 0 Å². The highest BCUT2D eigenvalue weighted by Gasteiger charge is 2.13. The summed E-state index contributed by atoms with van der Waals surface area (Å²) in [6.07, 6.45) is 5.37. The molecule has 0 aliphatic carbocycles. The van der Waals surface area contributed by atoms with Crippen molar-refractivity contribution >= 4 is 21.4 Å². The van der Waals surface area contributed by atoms with Gasteiger partial charge in [-0.25, -0.2) is 0 Å². The van der Waals surface area contributed by atoms with Crippen molar-refractivity contribution in [3.05, 3.63) is 35.2 Å². The van der Waals surface area contributed by atoms with Gasteiger partial charge in [-0.1, -0.05) is 18.2 Å². The first-order valence-electron chi connectivity index (χ1n) is 6.60. The van der Waals surface area contributed by atoms with Crippen LogP contribution in [0.3, 0.4) is 0 Å². The molecule has 1 aromatic heterocycles. The molecule has 1 nitrogen and oxygen atoms in total. The van der Waals surface area contributed by atoms with E-state index in [0.29, 0.717) is 0 Å². The maximum absolute atomic E-state index is 3.44. The van der Waals surface area contributed by atoms with E-state index in [2.05, 4.69) is 35.6 Å². The predicted octanol–water partition coefficient (Wildman–Crippen LogP) is 3.83. The minimum atomic E-state index is 0.946. The van der Waals surface area contributed by atoms with Gasteiger partial charge < -0.3 is 5.32 Å². The summed E-state index contributed by atoms with van der Waals surface area (Å²) in [5.41, 5.74) is 0. The van der Waals surface area contributed by atoms with Crippen LogP contribution in [0.4, 0.5) is 0 Å². The Hall–Kier alpha value is -0.860. The minimum absolute atomic E-state index is 0.946. The number of benzene rings is 1. The second-order valence-corrected chi connectivity index (χ2v) is 6.15. The third kappa shape index (κ3) is 2.70. The molecule has 17 heavy (non-hydrogen) atoms. The molecule has 90 valence electrons. The first kappa shape index (κ1) is 11.2. The zero-order valence-electron chi connectivity index (χ0n) is 10.1. The smallest absolute Gasteiger partial charge is 0.0345 e. The van der Waals surface area contributed by atoms with Crippen LogP contribution >= 0.6 is 11.3 Å². The lowest BCUT2D eigenvalue weighted by Crippen LogP contribution is -2.27. The molecule has 1 N–H and O–H groups in total. The number of hydrogen-bond acceptors (Lipinski definition) is 2. The van der Waals surface area contributed by atoms with E-state index in [9.17, 15) is 0 Å². The standard InChI is InChI=1S/C15H19NS/c1-2-4-15-13(3-1)11-14(17-15)6-5-12-7-9-16-10-8-12/h1-4,11-12,16H,5-10H2. The maximum Gasteiger partial charge on any atom is 0.0345 e. The van der Waals surface area contributed by atoms with E-state index in [4.69, 9.17) is 0 Å². The fourth-order valence-electron chi connectivity index (χ4n) is 2.68. The average Bonchev–Trinajstić information content (AvgIpc) is 2.80. The van der Waals surface area contributed by atoms with Crippen molar-refractivity contribution in [1.29, 1.82) is 0 Å². The van der Waals surface area contributed by atoms with Gasteiger partial charge in [-0.2, -0.15) is 0 Å². The molecule has 1 aliphatic heterocycles. The molecule has 0 spiro atoms. The molecular formula is C15H19NS. The Morgan fingerprint density at radius 3 is 2.82 bits per heavy atom. The summed E-state index contributed by atoms with van der Waals surface area (Å²) in [5, 5.41) is 4.85. The number of hydrogen-bond donors (Lipinski definition) is 1. The molecule has 0 saturated carbocycles. The van der Waals surface area contributed by atoms with Crippen molar-refractivity contribution in [2.75, 3.05) is 13.1 Å². The topological polar surface area (TPSA) is 12.0 Å². The first-order valence-corrected chi connectivity index (χ1v) is 7.41. The van der Waals surface area contributed by atoms with Crippen LogP contribution in [0, 0.1) is 5.92 Å². The van der Waals surface area contributed by atoms with Gasteiger partial charge in [0.05, 0.1) is 0 Å². The van der Waals surface area contributed by atoms with Gasteiger partial charge >= 0.3 is 0 Å². The van der Waals surface area contributed by atoms with Crippen molar-refractivity contribution in [2.24, 2.45) is 5.92 Å². The van der Waals surface area contributed by atoms with Crippen LogP contribution < -0.4 is 5.32 Å². The van der Waals surface area contributed by atoms with Crippen molar-refractivity contribution in [3.8, 4) is 0 Å². The molecule has 1 aromatic carbocycles. The second kappa shape index (κ2) is 5.19. The van der Waals surface area contributed by atoms with E-state index in [-0.39, 0.29) is 0 Å². The van der Waals surface area contributed by atoms with Gasteiger partial charge in [0, 0.05) is 9.58 Å². The Morgan fingerprint density at radius 2 is 2.00 bits per heavy atom. The number of fused-ring (bicyclic) bond motifs is 1. The lowest BCUT2D eigenvalue weighted by atomic mass is 9.93. The first-order chi connectivity index (χ1) is 8.42. The zero-order valence-corrected chi connectivity index (χ0v) is 10.9. The molecule has 0 atom stereocenters. The maximum atomic E-state index is 3.44. The Balaban J connectivity index is 1.64. The molecule has 1 aliphatic rings. The quantitative estimate of drug-likeness (QED) is 0.866. The zero-order chi connectivity index (χ0) is 11.5. The second-order valence-electron chi connectivity index (χ2n) is 4.98. The molecule has 0 bridgehead atoms. The highest BCUT2D eigenvalue weighted by molar-refractivity contribution is 7.19. The van der Waals surface area contributed by atoms with Crippen molar-refractivity contribution in [1.82, 2.24) is 5.32 Å². The lowest BCUT2D eigenvalue weighted by Gasteiger charge is -2.22. The van der Waals surface area contributed by atoms with Gasteiger partial charge in [-0.3, -0.25) is 0 Å². The summed E-state index contributed by atoms with van der Waals surface area (Å²) in [6.45, 7) is 2.44. The summed E-state index contributed by atoms with van der Waals surface area (Å²) in [7, 11) is 0. The average molecular weight is 245 g/mol. The lowest BCUT2D eigenvalue weighted by molar-refractivity contribution is 0.355. The molecular weight excluding hydrogens is 226 g/mol. The van der Waals surface area contributed by atoms with Crippen molar-refractivity contribution in [2.45, 2.75) is 25.7 Å². The van der Waals surface area contributed by atoms with Crippen molar-refractivity contribution in [3.63, 3.8) is 0 Å². The van der Waals surface area contributed by atoms with Crippen LogP contribution in [-0.4, -0.2) is 13.1 Å². The van der Waals surface area contributed by atoms with E-state index in [1.54, 1.807) is 4.88 Å². The Morgan fingerprint density at radius 1 is 1.18 bits per heavy atom. The third-order valence-electron chi connectivity index (χ3n) is 3.73. The number of rotatable bonds is 3. The van der Waals surface area contributed by atoms with Crippen LogP contribution in [0.1, 0.15) is 24.1 Å². The van der Waals surface area contributed by atoms with Gasteiger partial charge in [0.1, 0.15) is 0 Å². The van der Waals surface area contributed by atoms with E-state index in [1.165, 1.54) is 48.9 Å². The molecule has 2 heterocycles. The molecule has 0 unspecified atom stereocenters. The van der Waals surface area contributed by atoms with Crippen LogP contribution in [0.2, 0.25) is 0 Å². The molecule has 2 aromatic rings. The number of aryl methyl sites for hydroxylation is 1. The SMILES string of the molecule is c1ccc2sc(CCC3CCNCC3)cc2c1. The minimum Gasteiger partial charge on any atom is -0.317 e. The summed E-state index contributed by atoms with van der Waals surface area (Å²) in [4.78, 5) is 1.56. The highest BCUT2D eigenvalue weighted by atomic mass is 32.1. The molecule has 2 heteroatoms. The third-order valence-corrected chi connectivity index (χ3v) is 4.91. The number of thiophene rings is 1. The van der Waals surface area contributed by atoms with Gasteiger partial charge in [0.15, 0.2) is 0 Å². The molecule has 1 saturated heterocycles. The predicted molar refractivity (Wildman–Crippen MR) is 75.7 cm³/mol. The molecule has 0 amide bonds. The Kier molecular flexibility index (Phi) is 3.44. The fourth-order valence-corrected chi connectivity index (χ4v) is 3.76. The van der Waals surface area contributed by atoms with E-state index in [0.717, 1.165) is 5.92 Å². The largest absolute Gasteiger partial charge is 0.317 e. The van der Waals surface area contributed by atoms with Crippen LogP contribution in [0.25, 0.3) is 10.1 Å². The number of piperidine rings is 1. The summed E-state index contributed by atoms with van der Waals surface area (Å²) < 4.78 is 1.44. The monoisotopic (exact) mass is 245 g/mol. The fraction of sp³-hybridized carbons (Fsp3) is 0.467. The summed E-state index contributed by atoms with van der Waals surface area (Å²) in [6, 6.07) is 11.1. The van der Waals surface area contributed by atoms with Gasteiger partial charge in [0.25, 0.3) is 0 Å². The molecule has 3 rings (SSSR count). The van der Waals surface area contributed by atoms with Gasteiger partial charge in [-0.15, -0.1) is 11.3 Å². The van der Waals surface area contributed by atoms with Crippen LogP contribution in [-0.2, 0) is 6.42 Å². The summed E-state index contributed by atoms with van der Waals surface area (Å²) in [5.74, 6) is 0.946. The van der Waals surface area contributed by atoms with E-state index < -0.39 is 0 Å². The van der Waals surface area contributed by atoms with E-state index in [1.807, 2.05) is 11.3 Å². The van der Waals surface area contributed by atoms with Crippen LogP contribution in [0.5, 0.6) is 0 Å². The highest BCUT2D eigenvalue weighted by Crippen LogP contribution is 2.28. The Labute approximate surface area is 107 Å².